The summed E-state index contributed by atoms with van der Waals surface area (Å²) in [5.74, 6) is 0.763. The summed E-state index contributed by atoms with van der Waals surface area (Å²) in [5.41, 5.74) is 3.93. The van der Waals surface area contributed by atoms with Gasteiger partial charge in [-0.3, -0.25) is 9.36 Å². The molecule has 198 valence electrons. The third-order valence-electron chi connectivity index (χ3n) is 6.36. The number of thioether (sulfide) groups is 1. The van der Waals surface area contributed by atoms with E-state index in [4.69, 9.17) is 13.9 Å². The van der Waals surface area contributed by atoms with Gasteiger partial charge < -0.3 is 19.2 Å². The van der Waals surface area contributed by atoms with Crippen LogP contribution in [-0.4, -0.2) is 52.2 Å². The molecule has 1 aliphatic rings. The molecule has 1 N–H and O–H groups in total. The smallest absolute Gasteiger partial charge is 0.341 e. The molecular formula is C27H28N4O5S2. The van der Waals surface area contributed by atoms with Crippen LogP contribution >= 0.6 is 23.1 Å². The Morgan fingerprint density at radius 3 is 2.68 bits per heavy atom. The molecule has 5 rings (SSSR count). The number of nitrogens with zero attached hydrogens (tertiary/aromatic N) is 3. The lowest BCUT2D eigenvalue weighted by Gasteiger charge is -2.14. The maximum atomic E-state index is 13.0. The van der Waals surface area contributed by atoms with Gasteiger partial charge in [0.2, 0.25) is 5.91 Å². The van der Waals surface area contributed by atoms with E-state index in [2.05, 4.69) is 15.5 Å². The molecule has 1 fully saturated rings. The summed E-state index contributed by atoms with van der Waals surface area (Å²) in [6.07, 6.45) is 3.68. The van der Waals surface area contributed by atoms with E-state index in [1.807, 2.05) is 54.1 Å². The predicted octanol–water partition coefficient (Wildman–Crippen LogP) is 5.58. The second-order valence-electron chi connectivity index (χ2n) is 8.99. The molecule has 4 aromatic rings. The summed E-state index contributed by atoms with van der Waals surface area (Å²) >= 11 is 2.58. The first-order valence-electron chi connectivity index (χ1n) is 12.2. The molecule has 0 saturated carbocycles. The second kappa shape index (κ2) is 11.5. The first-order valence-corrected chi connectivity index (χ1v) is 14.1. The summed E-state index contributed by atoms with van der Waals surface area (Å²) < 4.78 is 18.3. The van der Waals surface area contributed by atoms with E-state index in [0.29, 0.717) is 28.1 Å². The van der Waals surface area contributed by atoms with Crippen molar-refractivity contribution in [2.75, 3.05) is 24.8 Å². The molecule has 0 spiro atoms. The van der Waals surface area contributed by atoms with Crippen molar-refractivity contribution in [1.29, 1.82) is 0 Å². The van der Waals surface area contributed by atoms with Crippen LogP contribution in [0.2, 0.25) is 0 Å². The highest BCUT2D eigenvalue weighted by molar-refractivity contribution is 7.99. The number of ether oxygens (including phenoxy) is 2. The van der Waals surface area contributed by atoms with Crippen LogP contribution in [0.25, 0.3) is 22.5 Å². The number of aromatic nitrogens is 3. The molecule has 38 heavy (non-hydrogen) atoms. The van der Waals surface area contributed by atoms with Gasteiger partial charge in [0.1, 0.15) is 16.3 Å². The highest BCUT2D eigenvalue weighted by Crippen LogP contribution is 2.36. The zero-order valence-electron chi connectivity index (χ0n) is 21.4. The van der Waals surface area contributed by atoms with Gasteiger partial charge >= 0.3 is 5.97 Å². The van der Waals surface area contributed by atoms with Gasteiger partial charge in [0.15, 0.2) is 11.0 Å². The van der Waals surface area contributed by atoms with Gasteiger partial charge in [0, 0.05) is 17.6 Å². The van der Waals surface area contributed by atoms with Crippen LogP contribution in [0.5, 0.6) is 0 Å². The number of carbonyl (C=O) groups excluding carboxylic acids is 2. The first-order chi connectivity index (χ1) is 18.4. The van der Waals surface area contributed by atoms with Crippen LogP contribution < -0.4 is 5.32 Å². The molecule has 4 heterocycles. The number of methoxy groups -OCH3 is 1. The number of hydrogen-bond acceptors (Lipinski definition) is 9. The van der Waals surface area contributed by atoms with Crippen molar-refractivity contribution in [1.82, 2.24) is 14.8 Å². The van der Waals surface area contributed by atoms with Gasteiger partial charge in [0.05, 0.1) is 37.3 Å². The number of benzene rings is 1. The van der Waals surface area contributed by atoms with Crippen molar-refractivity contribution in [3.63, 3.8) is 0 Å². The maximum absolute atomic E-state index is 13.0. The second-order valence-corrected chi connectivity index (χ2v) is 10.8. The zero-order chi connectivity index (χ0) is 26.6. The predicted molar refractivity (Wildman–Crippen MR) is 147 cm³/mol. The van der Waals surface area contributed by atoms with Crippen LogP contribution in [0.4, 0.5) is 5.00 Å². The number of anilines is 1. The minimum Gasteiger partial charge on any atom is -0.469 e. The third kappa shape index (κ3) is 5.54. The van der Waals surface area contributed by atoms with Crippen molar-refractivity contribution in [3.8, 4) is 22.5 Å². The van der Waals surface area contributed by atoms with Crippen LogP contribution in [0.15, 0.2) is 51.5 Å². The van der Waals surface area contributed by atoms with Crippen LogP contribution in [-0.2, 0) is 20.8 Å². The Bertz CT molecular complexity index is 1430. The lowest BCUT2D eigenvalue weighted by molar-refractivity contribution is -0.113. The molecular weight excluding hydrogens is 524 g/mol. The summed E-state index contributed by atoms with van der Waals surface area (Å²) in [6, 6.07) is 9.73. The Morgan fingerprint density at radius 2 is 2.00 bits per heavy atom. The molecule has 1 aromatic carbocycles. The normalized spacial score (nSPS) is 15.1. The molecule has 1 atom stereocenters. The fourth-order valence-corrected chi connectivity index (χ4v) is 6.08. The highest BCUT2D eigenvalue weighted by atomic mass is 32.2. The fraction of sp³-hybridized carbons (Fsp3) is 0.333. The molecule has 1 amide bonds. The monoisotopic (exact) mass is 552 g/mol. The Morgan fingerprint density at radius 1 is 1.18 bits per heavy atom. The average Bonchev–Trinajstić information content (AvgIpc) is 3.72. The minimum atomic E-state index is -0.499. The quantitative estimate of drug-likeness (QED) is 0.212. The van der Waals surface area contributed by atoms with Gasteiger partial charge in [-0.2, -0.15) is 0 Å². The molecule has 0 aliphatic carbocycles. The zero-order valence-corrected chi connectivity index (χ0v) is 23.0. The van der Waals surface area contributed by atoms with Crippen molar-refractivity contribution in [2.24, 2.45) is 0 Å². The number of amides is 1. The average molecular weight is 553 g/mol. The molecule has 1 aliphatic heterocycles. The molecule has 0 radical (unpaired) electrons. The number of furan rings is 1. The van der Waals surface area contributed by atoms with E-state index in [1.165, 1.54) is 30.2 Å². The largest absolute Gasteiger partial charge is 0.469 e. The Kier molecular flexibility index (Phi) is 7.96. The van der Waals surface area contributed by atoms with Crippen LogP contribution in [0.1, 0.15) is 34.5 Å². The fourth-order valence-electron chi connectivity index (χ4n) is 4.36. The topological polar surface area (TPSA) is 108 Å². The SMILES string of the molecule is COC(=O)c1c(-c2ccc(C)cc2)csc1NC(=O)CSc1nnc(-c2ccoc2C)n1CC1CCCO1. The highest BCUT2D eigenvalue weighted by Gasteiger charge is 2.25. The minimum absolute atomic E-state index is 0.0686. The summed E-state index contributed by atoms with van der Waals surface area (Å²) in [7, 11) is 1.33. The number of rotatable bonds is 9. The van der Waals surface area contributed by atoms with Gasteiger partial charge in [-0.05, 0) is 38.3 Å². The number of carbonyl (C=O) groups is 2. The molecule has 1 unspecified atom stereocenters. The van der Waals surface area contributed by atoms with Crippen molar-refractivity contribution < 1.29 is 23.5 Å². The van der Waals surface area contributed by atoms with Crippen molar-refractivity contribution >= 4 is 40.0 Å². The third-order valence-corrected chi connectivity index (χ3v) is 8.22. The lowest BCUT2D eigenvalue weighted by atomic mass is 10.0. The lowest BCUT2D eigenvalue weighted by Crippen LogP contribution is -2.18. The van der Waals surface area contributed by atoms with Gasteiger partial charge in [-0.25, -0.2) is 4.79 Å². The number of thiophene rings is 1. The first kappa shape index (κ1) is 26.2. The van der Waals surface area contributed by atoms with Gasteiger partial charge in [0.25, 0.3) is 0 Å². The number of nitrogens with one attached hydrogen (secondary N) is 1. The summed E-state index contributed by atoms with van der Waals surface area (Å²) in [4.78, 5) is 25.7. The van der Waals surface area contributed by atoms with Gasteiger partial charge in [-0.15, -0.1) is 21.5 Å². The number of esters is 1. The van der Waals surface area contributed by atoms with E-state index in [0.717, 1.165) is 47.5 Å². The van der Waals surface area contributed by atoms with E-state index < -0.39 is 5.97 Å². The van der Waals surface area contributed by atoms with Crippen molar-refractivity contribution in [2.45, 2.75) is 44.5 Å². The molecule has 0 bridgehead atoms. The van der Waals surface area contributed by atoms with Crippen LogP contribution in [0, 0.1) is 13.8 Å². The maximum Gasteiger partial charge on any atom is 0.341 e. The summed E-state index contributed by atoms with van der Waals surface area (Å²) in [5, 5.41) is 14.6. The Hall–Kier alpha value is -3.41. The van der Waals surface area contributed by atoms with Crippen LogP contribution in [0.3, 0.4) is 0 Å². The van der Waals surface area contributed by atoms with Crippen molar-refractivity contribution in [3.05, 3.63) is 58.9 Å². The molecule has 11 heteroatoms. The van der Waals surface area contributed by atoms with E-state index >= 15 is 0 Å². The van der Waals surface area contributed by atoms with E-state index in [1.54, 1.807) is 6.26 Å². The van der Waals surface area contributed by atoms with E-state index in [-0.39, 0.29) is 17.8 Å². The Balaban J connectivity index is 1.34. The van der Waals surface area contributed by atoms with Gasteiger partial charge in [-0.1, -0.05) is 41.6 Å². The number of aryl methyl sites for hydroxylation is 2. The summed E-state index contributed by atoms with van der Waals surface area (Å²) in [6.45, 7) is 5.22. The number of hydrogen-bond donors (Lipinski definition) is 1. The van der Waals surface area contributed by atoms with E-state index in [9.17, 15) is 9.59 Å². The molecule has 1 saturated heterocycles. The molecule has 3 aromatic heterocycles. The standard InChI is InChI=1S/C27H28N4O5S2/c1-16-6-8-18(9-7-16)21-14-37-25(23(21)26(33)34-3)28-22(32)15-38-27-30-29-24(20-10-12-35-17(20)2)31(27)13-19-5-4-11-36-19/h6-10,12,14,19H,4-5,11,13,15H2,1-3H3,(H,28,32). The molecule has 9 nitrogen and oxygen atoms in total. The Labute approximate surface area is 228 Å².